The summed E-state index contributed by atoms with van der Waals surface area (Å²) in [6, 6.07) is 13.8. The zero-order chi connectivity index (χ0) is 21.0. The lowest BCUT2D eigenvalue weighted by atomic mass is 9.76. The van der Waals surface area contributed by atoms with Crippen LogP contribution in [0.3, 0.4) is 0 Å². The van der Waals surface area contributed by atoms with Crippen molar-refractivity contribution in [2.45, 2.75) is 18.0 Å². The molecule has 5 rings (SSSR count). The van der Waals surface area contributed by atoms with E-state index in [9.17, 15) is 14.4 Å². The number of thioether (sulfide) groups is 1. The van der Waals surface area contributed by atoms with Gasteiger partial charge in [-0.2, -0.15) is 11.8 Å². The number of rotatable bonds is 4. The highest BCUT2D eigenvalue weighted by Gasteiger charge is 2.70. The van der Waals surface area contributed by atoms with Crippen LogP contribution in [0.4, 0.5) is 11.4 Å². The van der Waals surface area contributed by atoms with Gasteiger partial charge >= 0.3 is 0 Å². The summed E-state index contributed by atoms with van der Waals surface area (Å²) in [7, 11) is 0. The van der Waals surface area contributed by atoms with Crippen LogP contribution in [-0.4, -0.2) is 35.8 Å². The van der Waals surface area contributed by atoms with Gasteiger partial charge in [0.25, 0.3) is 0 Å². The maximum Gasteiger partial charge on any atom is 0.250 e. The zero-order valence-corrected chi connectivity index (χ0v) is 17.8. The third-order valence-corrected chi connectivity index (χ3v) is 7.24. The Kier molecular flexibility index (Phi) is 4.65. The van der Waals surface area contributed by atoms with Crippen LogP contribution in [0.2, 0.25) is 5.02 Å². The first kappa shape index (κ1) is 19.6. The molecule has 0 aromatic heterocycles. The van der Waals surface area contributed by atoms with Crippen molar-refractivity contribution in [2.24, 2.45) is 11.8 Å². The van der Waals surface area contributed by atoms with Gasteiger partial charge in [-0.05, 0) is 48.8 Å². The number of nitrogens with zero attached hydrogens (tertiary/aromatic N) is 1. The van der Waals surface area contributed by atoms with Crippen molar-refractivity contribution in [3.05, 3.63) is 59.1 Å². The van der Waals surface area contributed by atoms with Gasteiger partial charge in [-0.1, -0.05) is 29.8 Å². The Labute approximate surface area is 183 Å². The van der Waals surface area contributed by atoms with E-state index in [-0.39, 0.29) is 23.8 Å². The molecule has 2 fully saturated rings. The van der Waals surface area contributed by atoms with E-state index in [1.54, 1.807) is 36.0 Å². The van der Waals surface area contributed by atoms with Gasteiger partial charge in [-0.15, -0.1) is 0 Å². The number of halogens is 1. The number of carbonyl (C=O) groups excluding carboxylic acids is 3. The van der Waals surface area contributed by atoms with Gasteiger partial charge in [0.2, 0.25) is 17.7 Å². The van der Waals surface area contributed by atoms with E-state index in [1.807, 2.05) is 30.5 Å². The van der Waals surface area contributed by atoms with Crippen LogP contribution >= 0.6 is 23.4 Å². The highest BCUT2D eigenvalue weighted by atomic mass is 35.5. The Bertz CT molecular complexity index is 1060. The van der Waals surface area contributed by atoms with Gasteiger partial charge < -0.3 is 5.32 Å². The number of hydrogen-bond acceptors (Lipinski definition) is 5. The Hall–Kier alpha value is -2.35. The number of hydrogen-bond donors (Lipinski definition) is 2. The molecule has 2 aromatic carbocycles. The fourth-order valence-corrected chi connectivity index (χ4v) is 5.71. The van der Waals surface area contributed by atoms with E-state index in [0.29, 0.717) is 22.8 Å². The largest absolute Gasteiger partial charge is 0.324 e. The molecule has 3 amide bonds. The third-order valence-electron chi connectivity index (χ3n) is 6.34. The minimum atomic E-state index is -1.24. The minimum absolute atomic E-state index is 0.264. The maximum atomic E-state index is 13.7. The molecule has 0 radical (unpaired) electrons. The van der Waals surface area contributed by atoms with Crippen LogP contribution in [0, 0.1) is 11.8 Å². The molecule has 4 atom stereocenters. The SMILES string of the molecule is CSCC[C@@H]1N[C@@]2(C(=O)Nc3ccccc32)[C@@H]2C(=O)N(c3ccc(Cl)cc3)C(=O)[C@H]12. The summed E-state index contributed by atoms with van der Waals surface area (Å²) in [5.74, 6) is -1.46. The van der Waals surface area contributed by atoms with Gasteiger partial charge in [-0.25, -0.2) is 4.90 Å². The Morgan fingerprint density at radius 2 is 1.80 bits per heavy atom. The monoisotopic (exact) mass is 441 g/mol. The van der Waals surface area contributed by atoms with E-state index < -0.39 is 17.4 Å². The molecule has 8 heteroatoms. The van der Waals surface area contributed by atoms with E-state index in [0.717, 1.165) is 11.3 Å². The summed E-state index contributed by atoms with van der Waals surface area (Å²) < 4.78 is 0. The molecule has 154 valence electrons. The predicted molar refractivity (Wildman–Crippen MR) is 118 cm³/mol. The predicted octanol–water partition coefficient (Wildman–Crippen LogP) is 3.02. The van der Waals surface area contributed by atoms with Crippen LogP contribution in [0.25, 0.3) is 0 Å². The smallest absolute Gasteiger partial charge is 0.250 e. The molecule has 3 aliphatic heterocycles. The molecule has 3 heterocycles. The quantitative estimate of drug-likeness (QED) is 0.713. The van der Waals surface area contributed by atoms with E-state index >= 15 is 0 Å². The first-order valence-electron chi connectivity index (χ1n) is 9.80. The molecular weight excluding hydrogens is 422 g/mol. The van der Waals surface area contributed by atoms with E-state index in [4.69, 9.17) is 11.6 Å². The number of amides is 3. The van der Waals surface area contributed by atoms with Gasteiger partial charge in [0.05, 0.1) is 17.5 Å². The molecule has 2 aromatic rings. The van der Waals surface area contributed by atoms with Crippen LogP contribution in [0.1, 0.15) is 12.0 Å². The summed E-state index contributed by atoms with van der Waals surface area (Å²) >= 11 is 7.66. The fourth-order valence-electron chi connectivity index (χ4n) is 5.10. The molecule has 2 saturated heterocycles. The number of carbonyl (C=O) groups is 3. The molecule has 0 unspecified atom stereocenters. The Balaban J connectivity index is 1.64. The topological polar surface area (TPSA) is 78.5 Å². The standard InChI is InChI=1S/C22H20ClN3O3S/c1-30-11-10-16-17-18(20(28)26(19(17)27)13-8-6-12(23)7-9-13)22(25-16)14-4-2-3-5-15(14)24-21(22)29/h2-9,16-18,25H,10-11H2,1H3,(H,24,29)/t16-,17+,18-,22+/m0/s1. The van der Waals surface area contributed by atoms with Crippen LogP contribution in [0.5, 0.6) is 0 Å². The van der Waals surface area contributed by atoms with Crippen LogP contribution in [-0.2, 0) is 19.9 Å². The number of anilines is 2. The number of imide groups is 1. The van der Waals surface area contributed by atoms with Gasteiger partial charge in [0.15, 0.2) is 0 Å². The molecule has 0 aliphatic carbocycles. The summed E-state index contributed by atoms with van der Waals surface area (Å²) in [5, 5.41) is 6.87. The van der Waals surface area contributed by atoms with E-state index in [2.05, 4.69) is 10.6 Å². The lowest BCUT2D eigenvalue weighted by Crippen LogP contribution is -2.53. The molecule has 0 bridgehead atoms. The molecule has 3 aliphatic rings. The number of para-hydroxylation sites is 1. The normalized spacial score (nSPS) is 29.5. The fraction of sp³-hybridized carbons (Fsp3) is 0.318. The molecule has 2 N–H and O–H groups in total. The Morgan fingerprint density at radius 1 is 1.07 bits per heavy atom. The number of benzene rings is 2. The van der Waals surface area contributed by atoms with Crippen molar-refractivity contribution < 1.29 is 14.4 Å². The summed E-state index contributed by atoms with van der Waals surface area (Å²) in [6.07, 6.45) is 2.69. The van der Waals surface area contributed by atoms with Crippen molar-refractivity contribution in [3.8, 4) is 0 Å². The average Bonchev–Trinajstić information content (AvgIpc) is 3.32. The molecule has 1 spiro atoms. The first-order valence-corrected chi connectivity index (χ1v) is 11.6. The van der Waals surface area contributed by atoms with Gasteiger partial charge in [-0.3, -0.25) is 19.7 Å². The zero-order valence-electron chi connectivity index (χ0n) is 16.2. The maximum absolute atomic E-state index is 13.7. The van der Waals surface area contributed by atoms with Gasteiger partial charge in [0.1, 0.15) is 5.54 Å². The third kappa shape index (κ3) is 2.58. The minimum Gasteiger partial charge on any atom is -0.324 e. The summed E-state index contributed by atoms with van der Waals surface area (Å²) in [4.78, 5) is 41.7. The molecule has 6 nitrogen and oxygen atoms in total. The second-order valence-electron chi connectivity index (χ2n) is 7.83. The second kappa shape index (κ2) is 7.11. The van der Waals surface area contributed by atoms with Crippen molar-refractivity contribution in [2.75, 3.05) is 22.2 Å². The Morgan fingerprint density at radius 3 is 2.53 bits per heavy atom. The van der Waals surface area contributed by atoms with Crippen molar-refractivity contribution >= 4 is 52.5 Å². The highest BCUT2D eigenvalue weighted by Crippen LogP contribution is 2.53. The van der Waals surface area contributed by atoms with Gasteiger partial charge in [0, 0.05) is 22.3 Å². The van der Waals surface area contributed by atoms with Crippen molar-refractivity contribution in [3.63, 3.8) is 0 Å². The first-order chi connectivity index (χ1) is 14.5. The molecule has 30 heavy (non-hydrogen) atoms. The average molecular weight is 442 g/mol. The molecule has 0 saturated carbocycles. The summed E-state index contributed by atoms with van der Waals surface area (Å²) in [5.41, 5.74) is 0.660. The lowest BCUT2D eigenvalue weighted by Gasteiger charge is -2.29. The van der Waals surface area contributed by atoms with E-state index in [1.165, 1.54) is 4.90 Å². The summed E-state index contributed by atoms with van der Waals surface area (Å²) in [6.45, 7) is 0. The van der Waals surface area contributed by atoms with Crippen molar-refractivity contribution in [1.82, 2.24) is 5.32 Å². The second-order valence-corrected chi connectivity index (χ2v) is 9.25. The lowest BCUT2D eigenvalue weighted by molar-refractivity contribution is -0.130. The molecular formula is C22H20ClN3O3S. The highest BCUT2D eigenvalue weighted by molar-refractivity contribution is 7.98. The number of fused-ring (bicyclic) bond motifs is 4. The van der Waals surface area contributed by atoms with Crippen LogP contribution in [0.15, 0.2) is 48.5 Å². The van der Waals surface area contributed by atoms with Crippen LogP contribution < -0.4 is 15.5 Å². The number of nitrogens with one attached hydrogen (secondary N) is 2. The van der Waals surface area contributed by atoms with Crippen molar-refractivity contribution in [1.29, 1.82) is 0 Å².